The van der Waals surface area contributed by atoms with E-state index in [1.54, 1.807) is 6.33 Å². The summed E-state index contributed by atoms with van der Waals surface area (Å²) < 4.78 is 7.53. The molecular weight excluding hydrogens is 288 g/mol. The van der Waals surface area contributed by atoms with E-state index in [4.69, 9.17) is 4.74 Å². The molecule has 2 N–H and O–H groups in total. The lowest BCUT2D eigenvalue weighted by molar-refractivity contribution is 0.127. The molecule has 1 atom stereocenters. The van der Waals surface area contributed by atoms with Gasteiger partial charge < -0.3 is 19.4 Å². The quantitative estimate of drug-likeness (QED) is 0.680. The minimum atomic E-state index is -0.569. The maximum Gasteiger partial charge on any atom is 0.190 e. The Balaban J connectivity index is 1.55. The first-order valence-corrected chi connectivity index (χ1v) is 7.56. The molecule has 0 aliphatic rings. The lowest BCUT2D eigenvalue weighted by Crippen LogP contribution is -2.20. The van der Waals surface area contributed by atoms with Gasteiger partial charge in [0.25, 0.3) is 0 Å². The van der Waals surface area contributed by atoms with E-state index in [-0.39, 0.29) is 6.61 Å². The Bertz CT molecular complexity index is 724. The van der Waals surface area contributed by atoms with Gasteiger partial charge >= 0.3 is 0 Å². The molecule has 110 valence electrons. The number of aromatic nitrogens is 4. The number of hydrogen-bond acceptors (Lipinski definition) is 5. The number of rotatable bonds is 6. The van der Waals surface area contributed by atoms with E-state index in [0.29, 0.717) is 5.75 Å². The number of nitrogens with zero attached hydrogens (tertiary/aromatic N) is 3. The molecule has 0 spiro atoms. The Labute approximate surface area is 126 Å². The first-order chi connectivity index (χ1) is 10.2. The molecule has 0 amide bonds. The van der Waals surface area contributed by atoms with Crippen molar-refractivity contribution in [3.05, 3.63) is 36.8 Å². The number of hydrogen-bond donors (Lipinski definition) is 2. The number of aliphatic hydroxyl groups excluding tert-OH is 1. The van der Waals surface area contributed by atoms with E-state index in [1.165, 1.54) is 11.8 Å². The van der Waals surface area contributed by atoms with Crippen LogP contribution in [0.2, 0.25) is 0 Å². The highest BCUT2D eigenvalue weighted by Gasteiger charge is 2.10. The number of H-pyrrole nitrogens is 1. The molecule has 0 radical (unpaired) electrons. The third kappa shape index (κ3) is 3.20. The minimum absolute atomic E-state index is 0.245. The highest BCUT2D eigenvalue weighted by molar-refractivity contribution is 7.99. The second-order valence-corrected chi connectivity index (χ2v) is 5.68. The van der Waals surface area contributed by atoms with Crippen molar-refractivity contribution in [3.8, 4) is 5.75 Å². The highest BCUT2D eigenvalue weighted by atomic mass is 32.2. The zero-order valence-electron chi connectivity index (χ0n) is 11.6. The fraction of sp³-hybridized carbons (Fsp3) is 0.286. The van der Waals surface area contributed by atoms with Crippen LogP contribution in [0.5, 0.6) is 5.75 Å². The fourth-order valence-electron chi connectivity index (χ4n) is 1.99. The molecule has 3 rings (SSSR count). The van der Waals surface area contributed by atoms with Gasteiger partial charge in [-0.25, -0.2) is 0 Å². The van der Waals surface area contributed by atoms with Crippen LogP contribution in [0.3, 0.4) is 0 Å². The lowest BCUT2D eigenvalue weighted by atomic mass is 10.2. The number of fused-ring (bicyclic) bond motifs is 1. The first kappa shape index (κ1) is 14.0. The third-order valence-electron chi connectivity index (χ3n) is 3.06. The topological polar surface area (TPSA) is 76.0 Å². The van der Waals surface area contributed by atoms with Crippen molar-refractivity contribution in [1.82, 2.24) is 19.7 Å². The van der Waals surface area contributed by atoms with Crippen LogP contribution in [-0.2, 0) is 7.05 Å². The number of aromatic amines is 1. The molecule has 6 nitrogen and oxygen atoms in total. The van der Waals surface area contributed by atoms with Gasteiger partial charge in [-0.1, -0.05) is 17.8 Å². The average molecular weight is 304 g/mol. The molecule has 3 aromatic rings. The van der Waals surface area contributed by atoms with E-state index in [1.807, 2.05) is 42.1 Å². The summed E-state index contributed by atoms with van der Waals surface area (Å²) in [7, 11) is 1.87. The van der Waals surface area contributed by atoms with Crippen molar-refractivity contribution in [3.63, 3.8) is 0 Å². The maximum atomic E-state index is 10.0. The fourth-order valence-corrected chi connectivity index (χ4v) is 2.78. The molecule has 7 heteroatoms. The van der Waals surface area contributed by atoms with Crippen molar-refractivity contribution in [1.29, 1.82) is 0 Å². The monoisotopic (exact) mass is 304 g/mol. The highest BCUT2D eigenvalue weighted by Crippen LogP contribution is 2.24. The van der Waals surface area contributed by atoms with Gasteiger partial charge in [-0.15, -0.1) is 10.2 Å². The van der Waals surface area contributed by atoms with Gasteiger partial charge in [-0.2, -0.15) is 0 Å². The number of ether oxygens (including phenoxy) is 1. The summed E-state index contributed by atoms with van der Waals surface area (Å²) in [5.74, 6) is 1.28. The molecule has 0 saturated carbocycles. The molecule has 0 aliphatic heterocycles. The van der Waals surface area contributed by atoms with Crippen LogP contribution in [0.1, 0.15) is 0 Å². The molecule has 0 saturated heterocycles. The number of benzene rings is 1. The predicted molar refractivity (Wildman–Crippen MR) is 81.5 cm³/mol. The summed E-state index contributed by atoms with van der Waals surface area (Å²) in [4.78, 5) is 3.13. The molecular formula is C14H16N4O2S. The van der Waals surface area contributed by atoms with Gasteiger partial charge in [0.1, 0.15) is 18.7 Å². The van der Waals surface area contributed by atoms with E-state index in [9.17, 15) is 5.11 Å². The van der Waals surface area contributed by atoms with Crippen molar-refractivity contribution in [2.24, 2.45) is 7.05 Å². The van der Waals surface area contributed by atoms with Crippen molar-refractivity contribution in [2.45, 2.75) is 11.3 Å². The van der Waals surface area contributed by atoms with Crippen molar-refractivity contribution >= 4 is 22.7 Å². The molecule has 0 fully saturated rings. The normalized spacial score (nSPS) is 12.7. The summed E-state index contributed by atoms with van der Waals surface area (Å²) in [6.07, 6.45) is 2.94. The SMILES string of the molecule is Cn1cnnc1SC[C@@H](O)COc1cccc2[nH]ccc12. The van der Waals surface area contributed by atoms with Gasteiger partial charge in [0, 0.05) is 29.9 Å². The van der Waals surface area contributed by atoms with Crippen LogP contribution >= 0.6 is 11.8 Å². The van der Waals surface area contributed by atoms with Crippen LogP contribution in [0.4, 0.5) is 0 Å². The molecule has 21 heavy (non-hydrogen) atoms. The van der Waals surface area contributed by atoms with Crippen LogP contribution in [-0.4, -0.2) is 43.3 Å². The van der Waals surface area contributed by atoms with Gasteiger partial charge in [0.2, 0.25) is 0 Å². The lowest BCUT2D eigenvalue weighted by Gasteiger charge is -2.12. The van der Waals surface area contributed by atoms with Crippen LogP contribution < -0.4 is 4.74 Å². The Morgan fingerprint density at radius 1 is 1.43 bits per heavy atom. The third-order valence-corrected chi connectivity index (χ3v) is 4.24. The summed E-state index contributed by atoms with van der Waals surface area (Å²) in [5.41, 5.74) is 1.02. The van der Waals surface area contributed by atoms with Gasteiger partial charge in [0.05, 0.1) is 6.10 Å². The number of aryl methyl sites for hydroxylation is 1. The van der Waals surface area contributed by atoms with E-state index < -0.39 is 6.10 Å². The van der Waals surface area contributed by atoms with Gasteiger partial charge in [-0.05, 0) is 18.2 Å². The van der Waals surface area contributed by atoms with E-state index >= 15 is 0 Å². The van der Waals surface area contributed by atoms with Gasteiger partial charge in [0.15, 0.2) is 5.16 Å². The maximum absolute atomic E-state index is 10.0. The first-order valence-electron chi connectivity index (χ1n) is 6.58. The van der Waals surface area contributed by atoms with Crippen LogP contribution in [0.25, 0.3) is 10.9 Å². The summed E-state index contributed by atoms with van der Waals surface area (Å²) in [6.45, 7) is 0.245. The summed E-state index contributed by atoms with van der Waals surface area (Å²) in [6, 6.07) is 7.78. The number of aliphatic hydroxyl groups is 1. The zero-order chi connectivity index (χ0) is 14.7. The zero-order valence-corrected chi connectivity index (χ0v) is 12.4. The molecule has 0 bridgehead atoms. The second-order valence-electron chi connectivity index (χ2n) is 4.70. The number of thioether (sulfide) groups is 1. The smallest absolute Gasteiger partial charge is 0.190 e. The Hall–Kier alpha value is -1.99. The second kappa shape index (κ2) is 6.19. The van der Waals surface area contributed by atoms with Crippen LogP contribution in [0, 0.1) is 0 Å². The van der Waals surface area contributed by atoms with Crippen LogP contribution in [0.15, 0.2) is 41.9 Å². The van der Waals surface area contributed by atoms with Crippen molar-refractivity contribution < 1.29 is 9.84 Å². The largest absolute Gasteiger partial charge is 0.490 e. The molecule has 0 unspecified atom stereocenters. The predicted octanol–water partition coefficient (Wildman–Crippen LogP) is 1.83. The average Bonchev–Trinajstić information content (AvgIpc) is 3.11. The Morgan fingerprint density at radius 2 is 2.33 bits per heavy atom. The molecule has 1 aromatic carbocycles. The minimum Gasteiger partial charge on any atom is -0.490 e. The Morgan fingerprint density at radius 3 is 3.14 bits per heavy atom. The summed E-state index contributed by atoms with van der Waals surface area (Å²) >= 11 is 1.46. The van der Waals surface area contributed by atoms with E-state index in [2.05, 4.69) is 15.2 Å². The number of nitrogens with one attached hydrogen (secondary N) is 1. The Kier molecular flexibility index (Phi) is 4.12. The summed E-state index contributed by atoms with van der Waals surface area (Å²) in [5, 5.41) is 19.6. The van der Waals surface area contributed by atoms with E-state index in [0.717, 1.165) is 21.8 Å². The standard InChI is InChI=1S/C14H16N4O2S/c1-18-9-16-17-14(18)21-8-10(19)7-20-13-4-2-3-12-11(13)5-6-15-12/h2-6,9-10,15,19H,7-8H2,1H3/t10-/m0/s1. The molecule has 0 aliphatic carbocycles. The molecule has 2 aromatic heterocycles. The molecule has 2 heterocycles. The van der Waals surface area contributed by atoms with Crippen molar-refractivity contribution in [2.75, 3.05) is 12.4 Å². The van der Waals surface area contributed by atoms with Gasteiger partial charge in [-0.3, -0.25) is 0 Å².